The average molecular weight is 166 g/mol. The van der Waals surface area contributed by atoms with Gasteiger partial charge in [-0.3, -0.25) is 4.57 Å². The van der Waals surface area contributed by atoms with Crippen LogP contribution in [0.4, 0.5) is 4.39 Å². The molecule has 0 atom stereocenters. The minimum absolute atomic E-state index is 0.218. The van der Waals surface area contributed by atoms with E-state index >= 15 is 0 Å². The Bertz CT molecular complexity index is 483. The molecule has 0 bridgehead atoms. The van der Waals surface area contributed by atoms with E-state index < -0.39 is 11.6 Å². The molecule has 0 N–H and O–H groups in total. The molecule has 0 fully saturated rings. The summed E-state index contributed by atoms with van der Waals surface area (Å²) < 4.78 is 18.3. The van der Waals surface area contributed by atoms with Crippen molar-refractivity contribution in [2.24, 2.45) is 0 Å². The number of hydrogen-bond acceptors (Lipinski definition) is 2. The topological polar surface area (TPSA) is 35.1 Å². The molecule has 0 saturated heterocycles. The maximum absolute atomic E-state index is 12.6. The van der Waals surface area contributed by atoms with E-state index in [9.17, 15) is 9.18 Å². The lowest BCUT2D eigenvalue weighted by Crippen LogP contribution is -2.06. The third kappa shape index (κ3) is 0.845. The van der Waals surface area contributed by atoms with Crippen LogP contribution < -0.4 is 5.76 Å². The minimum atomic E-state index is -0.587. The summed E-state index contributed by atoms with van der Waals surface area (Å²) >= 11 is 0. The smallest absolute Gasteiger partial charge is 0.408 e. The number of hydrogen-bond donors (Lipinski definition) is 0. The largest absolute Gasteiger partial charge is 0.420 e. The van der Waals surface area contributed by atoms with Gasteiger partial charge in [-0.15, -0.1) is 0 Å². The monoisotopic (exact) mass is 166 g/mol. The number of rotatable bonds is 0. The van der Waals surface area contributed by atoms with Crippen molar-refractivity contribution in [2.75, 3.05) is 0 Å². The van der Waals surface area contributed by atoms with Crippen molar-refractivity contribution in [3.63, 3.8) is 0 Å². The molecule has 4 heteroatoms. The second-order valence-electron chi connectivity index (χ2n) is 2.41. The molecule has 2 aromatic rings. The zero-order valence-electron chi connectivity index (χ0n) is 6.08. The van der Waals surface area contributed by atoms with Crippen LogP contribution in [0.2, 0.25) is 0 Å². The molecule has 0 aliphatic heterocycles. The van der Waals surface area contributed by atoms with Crippen LogP contribution in [0.5, 0.6) is 0 Å². The maximum Gasteiger partial charge on any atom is 0.420 e. The highest BCUT2D eigenvalue weighted by Gasteiger charge is 2.05. The zero-order chi connectivity index (χ0) is 8.72. The molecule has 0 unspecified atom stereocenters. The van der Waals surface area contributed by atoms with Crippen LogP contribution >= 0.6 is 0 Å². The predicted octanol–water partition coefficient (Wildman–Crippen LogP) is 1.37. The first kappa shape index (κ1) is 7.09. The Balaban J connectivity index is 2.96. The standard InChI is InChI=1S/C8H5FNO2/c1-10-6-3-2-5(9)4-7(6)12-8(10)11/h2-4H,1H2. The fourth-order valence-electron chi connectivity index (χ4n) is 1.04. The molecule has 1 heterocycles. The third-order valence-corrected chi connectivity index (χ3v) is 1.63. The predicted molar refractivity (Wildman–Crippen MR) is 41.2 cm³/mol. The number of aromatic nitrogens is 1. The molecule has 61 valence electrons. The minimum Gasteiger partial charge on any atom is -0.408 e. The summed E-state index contributed by atoms with van der Waals surface area (Å²) in [6.07, 6.45) is 0. The van der Waals surface area contributed by atoms with E-state index in [1.165, 1.54) is 12.1 Å². The molecule has 12 heavy (non-hydrogen) atoms. The van der Waals surface area contributed by atoms with Gasteiger partial charge in [-0.1, -0.05) is 0 Å². The van der Waals surface area contributed by atoms with Crippen LogP contribution in [0.1, 0.15) is 0 Å². The van der Waals surface area contributed by atoms with Gasteiger partial charge in [0.2, 0.25) is 0 Å². The summed E-state index contributed by atoms with van der Waals surface area (Å²) in [6.45, 7) is 0. The van der Waals surface area contributed by atoms with E-state index in [1.54, 1.807) is 0 Å². The van der Waals surface area contributed by atoms with Gasteiger partial charge in [0.05, 0.1) is 5.52 Å². The van der Waals surface area contributed by atoms with Gasteiger partial charge in [-0.05, 0) is 12.1 Å². The van der Waals surface area contributed by atoms with Gasteiger partial charge in [0.1, 0.15) is 5.82 Å². The molecule has 1 aromatic carbocycles. The van der Waals surface area contributed by atoms with E-state index in [0.717, 1.165) is 10.6 Å². The van der Waals surface area contributed by atoms with Crippen LogP contribution in [-0.4, -0.2) is 4.57 Å². The van der Waals surface area contributed by atoms with E-state index in [-0.39, 0.29) is 5.58 Å². The fourth-order valence-corrected chi connectivity index (χ4v) is 1.04. The zero-order valence-corrected chi connectivity index (χ0v) is 6.08. The Morgan fingerprint density at radius 2 is 2.25 bits per heavy atom. The number of halogens is 1. The molecule has 1 radical (unpaired) electrons. The molecule has 0 saturated carbocycles. The molecular formula is C8H5FNO2. The quantitative estimate of drug-likeness (QED) is 0.592. The van der Waals surface area contributed by atoms with Crippen LogP contribution in [0.3, 0.4) is 0 Å². The second kappa shape index (κ2) is 2.20. The summed E-state index contributed by atoms with van der Waals surface area (Å²) in [5.74, 6) is -1.02. The Labute approximate surface area is 67.0 Å². The summed E-state index contributed by atoms with van der Waals surface area (Å²) in [7, 11) is 3.43. The molecular weight excluding hydrogens is 161 g/mol. The number of benzene rings is 1. The van der Waals surface area contributed by atoms with Gasteiger partial charge in [-0.2, -0.15) is 0 Å². The Morgan fingerprint density at radius 1 is 1.50 bits per heavy atom. The normalized spacial score (nSPS) is 10.8. The molecule has 1 aromatic heterocycles. The van der Waals surface area contributed by atoms with Crippen LogP contribution in [-0.2, 0) is 0 Å². The average Bonchev–Trinajstić information content (AvgIpc) is 2.28. The van der Waals surface area contributed by atoms with Gasteiger partial charge in [0.25, 0.3) is 0 Å². The van der Waals surface area contributed by atoms with Gasteiger partial charge in [0, 0.05) is 13.1 Å². The molecule has 0 aliphatic rings. The van der Waals surface area contributed by atoms with Crippen molar-refractivity contribution in [3.05, 3.63) is 41.6 Å². The number of fused-ring (bicyclic) bond motifs is 1. The number of nitrogens with zero attached hydrogens (tertiary/aromatic N) is 1. The number of oxazole rings is 1. The van der Waals surface area contributed by atoms with Crippen molar-refractivity contribution in [2.45, 2.75) is 0 Å². The molecule has 0 aliphatic carbocycles. The van der Waals surface area contributed by atoms with Crippen LogP contribution in [0.25, 0.3) is 11.1 Å². The summed E-state index contributed by atoms with van der Waals surface area (Å²) in [5.41, 5.74) is 0.705. The molecule has 0 amide bonds. The lowest BCUT2D eigenvalue weighted by Gasteiger charge is -1.89. The lowest BCUT2D eigenvalue weighted by atomic mass is 10.3. The Morgan fingerprint density at radius 3 is 3.00 bits per heavy atom. The van der Waals surface area contributed by atoms with Crippen LogP contribution in [0, 0.1) is 12.9 Å². The lowest BCUT2D eigenvalue weighted by molar-refractivity contribution is 0.536. The molecule has 0 spiro atoms. The van der Waals surface area contributed by atoms with Crippen molar-refractivity contribution < 1.29 is 8.81 Å². The first-order chi connectivity index (χ1) is 5.68. The maximum atomic E-state index is 12.6. The van der Waals surface area contributed by atoms with Gasteiger partial charge < -0.3 is 4.42 Å². The molecule has 2 rings (SSSR count). The summed E-state index contributed by atoms with van der Waals surface area (Å²) in [6, 6.07) is 3.85. The highest BCUT2D eigenvalue weighted by molar-refractivity contribution is 5.72. The molecule has 3 nitrogen and oxygen atoms in total. The van der Waals surface area contributed by atoms with E-state index in [2.05, 4.69) is 11.5 Å². The summed E-state index contributed by atoms with van der Waals surface area (Å²) in [5, 5.41) is 0. The van der Waals surface area contributed by atoms with Crippen molar-refractivity contribution in [1.29, 1.82) is 0 Å². The first-order valence-corrected chi connectivity index (χ1v) is 3.30. The third-order valence-electron chi connectivity index (χ3n) is 1.63. The highest BCUT2D eigenvalue weighted by atomic mass is 19.1. The van der Waals surface area contributed by atoms with E-state index in [4.69, 9.17) is 0 Å². The van der Waals surface area contributed by atoms with Crippen LogP contribution in [0.15, 0.2) is 27.4 Å². The second-order valence-corrected chi connectivity index (χ2v) is 2.41. The van der Waals surface area contributed by atoms with Crippen molar-refractivity contribution in [1.82, 2.24) is 4.57 Å². The van der Waals surface area contributed by atoms with Crippen molar-refractivity contribution in [3.8, 4) is 0 Å². The van der Waals surface area contributed by atoms with Crippen molar-refractivity contribution >= 4 is 11.1 Å². The SMILES string of the molecule is [CH2]n1c(=O)oc2cc(F)ccc21. The van der Waals surface area contributed by atoms with E-state index in [1.807, 2.05) is 0 Å². The van der Waals surface area contributed by atoms with Gasteiger partial charge in [-0.25, -0.2) is 9.18 Å². The van der Waals surface area contributed by atoms with Gasteiger partial charge in [0.15, 0.2) is 5.58 Å². The highest BCUT2D eigenvalue weighted by Crippen LogP contribution is 2.12. The first-order valence-electron chi connectivity index (χ1n) is 3.30. The van der Waals surface area contributed by atoms with E-state index in [0.29, 0.717) is 5.52 Å². The fraction of sp³-hybridized carbons (Fsp3) is 0. The van der Waals surface area contributed by atoms with Gasteiger partial charge >= 0.3 is 5.76 Å². The Kier molecular flexibility index (Phi) is 1.30. The Hall–Kier alpha value is -1.58. The summed E-state index contributed by atoms with van der Waals surface area (Å²) in [4.78, 5) is 10.9.